The molecule has 1 atom stereocenters. The maximum absolute atomic E-state index is 12.0. The predicted octanol–water partition coefficient (Wildman–Crippen LogP) is 4.79. The van der Waals surface area contributed by atoms with Gasteiger partial charge in [-0.1, -0.05) is 36.7 Å². The van der Waals surface area contributed by atoms with Crippen LogP contribution in [0.3, 0.4) is 0 Å². The van der Waals surface area contributed by atoms with Crippen LogP contribution >= 0.6 is 11.6 Å². The molecule has 0 fully saturated rings. The Labute approximate surface area is 92.1 Å². The molecule has 0 N–H and O–H groups in total. The summed E-state index contributed by atoms with van der Waals surface area (Å²) in [7, 11) is 0. The molecule has 15 heavy (non-hydrogen) atoms. The van der Waals surface area contributed by atoms with E-state index in [4.69, 9.17) is 11.6 Å². The van der Waals surface area contributed by atoms with Crippen molar-refractivity contribution in [3.63, 3.8) is 0 Å². The highest BCUT2D eigenvalue weighted by Gasteiger charge is 2.27. The fraction of sp³-hybridized carbons (Fsp3) is 0.455. The van der Waals surface area contributed by atoms with Gasteiger partial charge in [-0.15, -0.1) is 0 Å². The van der Waals surface area contributed by atoms with Crippen LogP contribution in [0.1, 0.15) is 31.2 Å². The lowest BCUT2D eigenvalue weighted by Crippen LogP contribution is -2.09. The van der Waals surface area contributed by atoms with E-state index in [0.29, 0.717) is 5.02 Å². The topological polar surface area (TPSA) is 0 Å². The lowest BCUT2D eigenvalue weighted by molar-refractivity contribution is -0.136. The van der Waals surface area contributed by atoms with Gasteiger partial charge in [0.1, 0.15) is 0 Å². The summed E-state index contributed by atoms with van der Waals surface area (Å²) in [6.45, 7) is 1.76. The average molecular weight is 237 g/mol. The first-order valence-corrected chi connectivity index (χ1v) is 5.09. The van der Waals surface area contributed by atoms with Crippen molar-refractivity contribution >= 4 is 11.6 Å². The molecule has 0 aliphatic rings. The van der Waals surface area contributed by atoms with Crippen LogP contribution < -0.4 is 0 Å². The summed E-state index contributed by atoms with van der Waals surface area (Å²) in [4.78, 5) is 0. The molecule has 0 aliphatic heterocycles. The number of halogens is 4. The van der Waals surface area contributed by atoms with E-state index in [0.717, 1.165) is 5.56 Å². The first kappa shape index (κ1) is 12.4. The zero-order valence-corrected chi connectivity index (χ0v) is 9.07. The van der Waals surface area contributed by atoms with Gasteiger partial charge in [0.25, 0.3) is 0 Å². The van der Waals surface area contributed by atoms with Gasteiger partial charge in [-0.2, -0.15) is 13.2 Å². The summed E-state index contributed by atoms with van der Waals surface area (Å²) in [5.74, 6) is -0.166. The number of rotatable bonds is 3. The molecule has 1 rings (SSSR count). The highest BCUT2D eigenvalue weighted by atomic mass is 35.5. The van der Waals surface area contributed by atoms with Crippen molar-refractivity contribution in [3.05, 3.63) is 34.9 Å². The van der Waals surface area contributed by atoms with Crippen molar-refractivity contribution in [2.24, 2.45) is 0 Å². The second-order valence-corrected chi connectivity index (χ2v) is 3.98. The predicted molar refractivity (Wildman–Crippen MR) is 55.2 cm³/mol. The van der Waals surface area contributed by atoms with Gasteiger partial charge in [-0.25, -0.2) is 0 Å². The number of alkyl halides is 3. The average Bonchev–Trinajstić information content (AvgIpc) is 2.14. The van der Waals surface area contributed by atoms with E-state index in [2.05, 4.69) is 0 Å². The first-order chi connectivity index (χ1) is 6.90. The zero-order chi connectivity index (χ0) is 11.5. The molecule has 0 saturated heterocycles. The molecular formula is C11H12ClF3. The molecule has 0 heterocycles. The van der Waals surface area contributed by atoms with Crippen molar-refractivity contribution in [3.8, 4) is 0 Å². The standard InChI is InChI=1S/C11H12ClF3/c1-8(6-7-11(13,14)15)9-4-2-3-5-10(9)12/h2-5,8H,6-7H2,1H3. The second-order valence-electron chi connectivity index (χ2n) is 3.58. The number of hydrogen-bond donors (Lipinski definition) is 0. The third-order valence-corrected chi connectivity index (χ3v) is 2.64. The minimum atomic E-state index is -4.09. The zero-order valence-electron chi connectivity index (χ0n) is 8.31. The van der Waals surface area contributed by atoms with Crippen LogP contribution in [0.25, 0.3) is 0 Å². The van der Waals surface area contributed by atoms with Crippen molar-refractivity contribution in [2.75, 3.05) is 0 Å². The molecule has 1 aromatic rings. The monoisotopic (exact) mass is 236 g/mol. The smallest absolute Gasteiger partial charge is 0.171 e. The lowest BCUT2D eigenvalue weighted by atomic mass is 9.96. The van der Waals surface area contributed by atoms with E-state index in [9.17, 15) is 13.2 Å². The van der Waals surface area contributed by atoms with E-state index >= 15 is 0 Å². The third-order valence-electron chi connectivity index (χ3n) is 2.30. The maximum Gasteiger partial charge on any atom is 0.389 e. The van der Waals surface area contributed by atoms with Gasteiger partial charge in [-0.3, -0.25) is 0 Å². The van der Waals surface area contributed by atoms with Gasteiger partial charge in [0.05, 0.1) is 0 Å². The van der Waals surface area contributed by atoms with E-state index in [1.807, 2.05) is 0 Å². The Bertz CT molecular complexity index is 320. The summed E-state index contributed by atoms with van der Waals surface area (Å²) >= 11 is 5.89. The van der Waals surface area contributed by atoms with Crippen LogP contribution in [0.2, 0.25) is 5.02 Å². The lowest BCUT2D eigenvalue weighted by Gasteiger charge is -2.14. The molecule has 1 aromatic carbocycles. The van der Waals surface area contributed by atoms with Gasteiger partial charge in [0, 0.05) is 11.4 Å². The second kappa shape index (κ2) is 4.88. The molecule has 0 amide bonds. The Kier molecular flexibility index (Phi) is 4.03. The van der Waals surface area contributed by atoms with Crippen molar-refractivity contribution < 1.29 is 13.2 Å². The van der Waals surface area contributed by atoms with Crippen LogP contribution in [-0.4, -0.2) is 6.18 Å². The number of benzene rings is 1. The van der Waals surface area contributed by atoms with Crippen LogP contribution in [0.5, 0.6) is 0 Å². The molecule has 0 aliphatic carbocycles. The molecule has 0 aromatic heterocycles. The highest BCUT2D eigenvalue weighted by molar-refractivity contribution is 6.31. The Morgan fingerprint density at radius 2 is 1.87 bits per heavy atom. The summed E-state index contributed by atoms with van der Waals surface area (Å²) < 4.78 is 36.0. The molecule has 1 unspecified atom stereocenters. The fourth-order valence-corrected chi connectivity index (χ4v) is 1.73. The van der Waals surface area contributed by atoms with Crippen molar-refractivity contribution in [1.29, 1.82) is 0 Å². The minimum absolute atomic E-state index is 0.0766. The van der Waals surface area contributed by atoms with Gasteiger partial charge in [0.2, 0.25) is 0 Å². The molecule has 0 nitrogen and oxygen atoms in total. The van der Waals surface area contributed by atoms with Gasteiger partial charge >= 0.3 is 6.18 Å². The summed E-state index contributed by atoms with van der Waals surface area (Å²) in [6.07, 6.45) is -4.78. The minimum Gasteiger partial charge on any atom is -0.171 e. The van der Waals surface area contributed by atoms with E-state index in [1.165, 1.54) is 0 Å². The highest BCUT2D eigenvalue weighted by Crippen LogP contribution is 2.31. The molecule has 0 bridgehead atoms. The Balaban J connectivity index is 2.62. The van der Waals surface area contributed by atoms with E-state index in [1.54, 1.807) is 31.2 Å². The molecule has 0 saturated carbocycles. The van der Waals surface area contributed by atoms with Gasteiger partial charge in [0.15, 0.2) is 0 Å². The Hall–Kier alpha value is -0.700. The molecule has 84 valence electrons. The normalized spacial score (nSPS) is 13.9. The van der Waals surface area contributed by atoms with E-state index in [-0.39, 0.29) is 12.3 Å². The third kappa shape index (κ3) is 4.12. The first-order valence-electron chi connectivity index (χ1n) is 4.71. The molecule has 0 spiro atoms. The van der Waals surface area contributed by atoms with Crippen LogP contribution in [0.15, 0.2) is 24.3 Å². The SMILES string of the molecule is CC(CCC(F)(F)F)c1ccccc1Cl. The van der Waals surface area contributed by atoms with Gasteiger partial charge < -0.3 is 0 Å². The van der Waals surface area contributed by atoms with E-state index < -0.39 is 12.6 Å². The fourth-order valence-electron chi connectivity index (χ4n) is 1.41. The summed E-state index contributed by atoms with van der Waals surface area (Å²) in [6, 6.07) is 7.01. The van der Waals surface area contributed by atoms with Gasteiger partial charge in [-0.05, 0) is 24.0 Å². The molecule has 0 radical (unpaired) electrons. The Morgan fingerprint density at radius 3 is 2.40 bits per heavy atom. The Morgan fingerprint density at radius 1 is 1.27 bits per heavy atom. The summed E-state index contributed by atoms with van der Waals surface area (Å²) in [5, 5.41) is 0.534. The maximum atomic E-state index is 12.0. The van der Waals surface area contributed by atoms with Crippen molar-refractivity contribution in [1.82, 2.24) is 0 Å². The molecule has 4 heteroatoms. The molecular weight excluding hydrogens is 225 g/mol. The van der Waals surface area contributed by atoms with Crippen molar-refractivity contribution in [2.45, 2.75) is 31.9 Å². The van der Waals surface area contributed by atoms with Crippen LogP contribution in [-0.2, 0) is 0 Å². The quantitative estimate of drug-likeness (QED) is 0.708. The largest absolute Gasteiger partial charge is 0.389 e. The number of hydrogen-bond acceptors (Lipinski definition) is 0. The van der Waals surface area contributed by atoms with Crippen LogP contribution in [0.4, 0.5) is 13.2 Å². The van der Waals surface area contributed by atoms with Crippen LogP contribution in [0, 0.1) is 0 Å². The summed E-state index contributed by atoms with van der Waals surface area (Å²) in [5.41, 5.74) is 0.781.